The number of hydrogen-bond acceptors (Lipinski definition) is 3. The molecule has 1 heterocycles. The molecule has 0 atom stereocenters. The first-order valence-corrected chi connectivity index (χ1v) is 20.4. The van der Waals surface area contributed by atoms with Crippen LogP contribution in [0.5, 0.6) is 0 Å². The molecule has 0 spiro atoms. The van der Waals surface area contributed by atoms with Crippen molar-refractivity contribution in [3.63, 3.8) is 0 Å². The van der Waals surface area contributed by atoms with Crippen molar-refractivity contribution in [1.82, 2.24) is 15.0 Å². The zero-order valence-electron chi connectivity index (χ0n) is 32.5. The van der Waals surface area contributed by atoms with Crippen LogP contribution in [-0.4, -0.2) is 15.0 Å². The lowest BCUT2D eigenvalue weighted by atomic mass is 9.87. The minimum absolute atomic E-state index is 0.631. The summed E-state index contributed by atoms with van der Waals surface area (Å²) in [4.78, 5) is 15.4. The maximum atomic E-state index is 5.19. The van der Waals surface area contributed by atoms with E-state index in [1.54, 1.807) is 0 Å². The minimum Gasteiger partial charge on any atom is -0.208 e. The molecular formula is C57H35N3. The normalized spacial score (nSPS) is 11.7. The predicted octanol–water partition coefficient (Wildman–Crippen LogP) is 15.1. The molecule has 278 valence electrons. The first-order chi connectivity index (χ1) is 29.7. The molecule has 0 saturated heterocycles. The molecule has 0 saturated carbocycles. The smallest absolute Gasteiger partial charge is 0.164 e. The lowest BCUT2D eigenvalue weighted by Crippen LogP contribution is -2.00. The zero-order chi connectivity index (χ0) is 39.6. The molecular weight excluding hydrogens is 727 g/mol. The number of nitrogens with zero attached hydrogens (tertiary/aromatic N) is 3. The highest BCUT2D eigenvalue weighted by molar-refractivity contribution is 6.33. The zero-order valence-corrected chi connectivity index (χ0v) is 32.5. The van der Waals surface area contributed by atoms with Gasteiger partial charge < -0.3 is 0 Å². The van der Waals surface area contributed by atoms with Crippen LogP contribution in [0.15, 0.2) is 212 Å². The molecule has 12 aromatic rings. The van der Waals surface area contributed by atoms with Gasteiger partial charge in [0.2, 0.25) is 0 Å². The van der Waals surface area contributed by atoms with Crippen LogP contribution in [0.1, 0.15) is 0 Å². The highest BCUT2D eigenvalue weighted by Crippen LogP contribution is 2.43. The molecule has 3 nitrogen and oxygen atoms in total. The molecule has 0 bridgehead atoms. The molecule has 0 amide bonds. The summed E-state index contributed by atoms with van der Waals surface area (Å²) < 4.78 is 0. The van der Waals surface area contributed by atoms with E-state index >= 15 is 0 Å². The third-order valence-electron chi connectivity index (χ3n) is 12.1. The summed E-state index contributed by atoms with van der Waals surface area (Å²) in [5, 5.41) is 15.0. The van der Waals surface area contributed by atoms with E-state index in [-0.39, 0.29) is 0 Å². The van der Waals surface area contributed by atoms with Crippen LogP contribution in [0, 0.1) is 0 Å². The Hall–Kier alpha value is -8.01. The Morgan fingerprint density at radius 1 is 0.217 bits per heavy atom. The molecule has 0 fully saturated rings. The largest absolute Gasteiger partial charge is 0.208 e. The molecule has 0 aliphatic carbocycles. The number of aromatic nitrogens is 3. The fourth-order valence-electron chi connectivity index (χ4n) is 9.27. The summed E-state index contributed by atoms with van der Waals surface area (Å²) in [7, 11) is 0. The van der Waals surface area contributed by atoms with Crippen molar-refractivity contribution in [1.29, 1.82) is 0 Å². The van der Waals surface area contributed by atoms with Crippen molar-refractivity contribution in [2.45, 2.75) is 0 Å². The van der Waals surface area contributed by atoms with E-state index in [1.165, 1.54) is 75.8 Å². The number of benzene rings is 11. The SMILES string of the molecule is c1ccc(-c2nc(-c3ccc(-c4cc5ccccc5c5ccccc45)cc3)nc(-c3cccc(-c4cc5c6ccccc6c6ccccc6c5c5ccccc45)c3)n2)cc1. The third-order valence-corrected chi connectivity index (χ3v) is 12.1. The van der Waals surface area contributed by atoms with Crippen LogP contribution in [0.4, 0.5) is 0 Å². The maximum absolute atomic E-state index is 5.19. The second-order valence-electron chi connectivity index (χ2n) is 15.5. The Morgan fingerprint density at radius 3 is 1.28 bits per heavy atom. The summed E-state index contributed by atoms with van der Waals surface area (Å²) in [6, 6.07) is 75.9. The molecule has 0 radical (unpaired) electrons. The molecule has 0 N–H and O–H groups in total. The molecule has 11 aromatic carbocycles. The summed E-state index contributed by atoms with van der Waals surface area (Å²) >= 11 is 0. The van der Waals surface area contributed by atoms with Gasteiger partial charge >= 0.3 is 0 Å². The van der Waals surface area contributed by atoms with Gasteiger partial charge in [0, 0.05) is 16.7 Å². The molecule has 0 unspecified atom stereocenters. The highest BCUT2D eigenvalue weighted by atomic mass is 15.0. The Morgan fingerprint density at radius 2 is 0.617 bits per heavy atom. The molecule has 60 heavy (non-hydrogen) atoms. The summed E-state index contributed by atoms with van der Waals surface area (Å²) in [5.74, 6) is 1.90. The lowest BCUT2D eigenvalue weighted by Gasteiger charge is -2.16. The summed E-state index contributed by atoms with van der Waals surface area (Å²) in [6.45, 7) is 0. The summed E-state index contributed by atoms with van der Waals surface area (Å²) in [5.41, 5.74) is 7.44. The standard InChI is InChI=1S/C57H35N3/c1-2-15-37(16-3-1)55-58-56(38-31-29-36(30-32-38)51-34-40-17-4-5-20-42(40)43-21-6-8-24-46(43)51)60-57(59-55)41-19-14-18-39(33-41)52-35-53-47-25-9-7-22-44(47)45-23-10-12-27-49(45)54(53)50-28-13-11-26-48(50)52/h1-35H. The molecule has 0 aliphatic rings. The highest BCUT2D eigenvalue weighted by Gasteiger charge is 2.18. The lowest BCUT2D eigenvalue weighted by molar-refractivity contribution is 1.07. The van der Waals surface area contributed by atoms with Crippen molar-refractivity contribution >= 4 is 64.6 Å². The quantitative estimate of drug-likeness (QED) is 0.164. The van der Waals surface area contributed by atoms with Gasteiger partial charge in [0.25, 0.3) is 0 Å². The van der Waals surface area contributed by atoms with E-state index in [9.17, 15) is 0 Å². The van der Waals surface area contributed by atoms with Gasteiger partial charge in [-0.1, -0.05) is 194 Å². The van der Waals surface area contributed by atoms with Crippen LogP contribution in [0.25, 0.3) is 121 Å². The average molecular weight is 762 g/mol. The van der Waals surface area contributed by atoms with Crippen LogP contribution >= 0.6 is 0 Å². The van der Waals surface area contributed by atoms with E-state index in [0.29, 0.717) is 17.5 Å². The Labute approximate surface area is 346 Å². The summed E-state index contributed by atoms with van der Waals surface area (Å²) in [6.07, 6.45) is 0. The van der Waals surface area contributed by atoms with Gasteiger partial charge in [-0.15, -0.1) is 0 Å². The second-order valence-corrected chi connectivity index (χ2v) is 15.5. The minimum atomic E-state index is 0.631. The van der Waals surface area contributed by atoms with E-state index < -0.39 is 0 Å². The van der Waals surface area contributed by atoms with Gasteiger partial charge in [-0.2, -0.15) is 0 Å². The average Bonchev–Trinajstić information content (AvgIpc) is 3.33. The van der Waals surface area contributed by atoms with Gasteiger partial charge in [-0.25, -0.2) is 15.0 Å². The Bertz CT molecular complexity index is 3650. The Kier molecular flexibility index (Phi) is 7.85. The van der Waals surface area contributed by atoms with Gasteiger partial charge in [0.1, 0.15) is 0 Å². The van der Waals surface area contributed by atoms with Crippen molar-refractivity contribution < 1.29 is 0 Å². The molecule has 1 aromatic heterocycles. The number of rotatable bonds is 5. The Balaban J connectivity index is 1.01. The van der Waals surface area contributed by atoms with Gasteiger partial charge in [0.05, 0.1) is 0 Å². The van der Waals surface area contributed by atoms with Crippen molar-refractivity contribution in [2.24, 2.45) is 0 Å². The topological polar surface area (TPSA) is 38.7 Å². The monoisotopic (exact) mass is 761 g/mol. The van der Waals surface area contributed by atoms with E-state index in [4.69, 9.17) is 15.0 Å². The van der Waals surface area contributed by atoms with Crippen LogP contribution in [0.3, 0.4) is 0 Å². The second kappa shape index (κ2) is 13.8. The van der Waals surface area contributed by atoms with Gasteiger partial charge in [0.15, 0.2) is 17.5 Å². The maximum Gasteiger partial charge on any atom is 0.164 e. The van der Waals surface area contributed by atoms with Crippen LogP contribution < -0.4 is 0 Å². The fourth-order valence-corrected chi connectivity index (χ4v) is 9.27. The van der Waals surface area contributed by atoms with Crippen molar-refractivity contribution in [3.8, 4) is 56.4 Å². The van der Waals surface area contributed by atoms with Crippen molar-refractivity contribution in [3.05, 3.63) is 212 Å². The van der Waals surface area contributed by atoms with Crippen LogP contribution in [0.2, 0.25) is 0 Å². The van der Waals surface area contributed by atoms with E-state index in [2.05, 4.69) is 194 Å². The first-order valence-electron chi connectivity index (χ1n) is 20.4. The van der Waals surface area contributed by atoms with Crippen LogP contribution in [-0.2, 0) is 0 Å². The fraction of sp³-hybridized carbons (Fsp3) is 0. The van der Waals surface area contributed by atoms with E-state index in [1.807, 2.05) is 18.2 Å². The van der Waals surface area contributed by atoms with Gasteiger partial charge in [-0.05, 0) is 105 Å². The third kappa shape index (κ3) is 5.55. The molecule has 3 heteroatoms. The predicted molar refractivity (Wildman–Crippen MR) is 252 cm³/mol. The van der Waals surface area contributed by atoms with Crippen molar-refractivity contribution in [2.75, 3.05) is 0 Å². The van der Waals surface area contributed by atoms with Gasteiger partial charge in [-0.3, -0.25) is 0 Å². The van der Waals surface area contributed by atoms with E-state index in [0.717, 1.165) is 27.8 Å². The number of fused-ring (bicyclic) bond motifs is 11. The number of hydrogen-bond donors (Lipinski definition) is 0. The molecule has 12 rings (SSSR count). The first kappa shape index (κ1) is 34.1. The molecule has 0 aliphatic heterocycles.